The molecule has 5 heteroatoms. The second kappa shape index (κ2) is 2.44. The van der Waals surface area contributed by atoms with E-state index >= 15 is 0 Å². The number of rotatable bonds is 2. The van der Waals surface area contributed by atoms with Gasteiger partial charge in [0.25, 0.3) is 0 Å². The molecule has 0 atom stereocenters. The van der Waals surface area contributed by atoms with E-state index in [1.807, 2.05) is 13.0 Å². The van der Waals surface area contributed by atoms with Gasteiger partial charge in [-0.2, -0.15) is 4.98 Å². The van der Waals surface area contributed by atoms with Crippen LogP contribution in [0.2, 0.25) is 0 Å². The fraction of sp³-hybridized carbons (Fsp3) is 0.286. The van der Waals surface area contributed by atoms with Gasteiger partial charge in [0, 0.05) is 12.6 Å². The first-order chi connectivity index (χ1) is 5.79. The largest absolute Gasteiger partial charge is 0.385 e. The molecule has 0 fully saturated rings. The van der Waals surface area contributed by atoms with Crippen LogP contribution >= 0.6 is 0 Å². The number of nitrogens with two attached hydrogens (primary N) is 1. The Morgan fingerprint density at radius 3 is 3.08 bits per heavy atom. The first kappa shape index (κ1) is 7.02. The summed E-state index contributed by atoms with van der Waals surface area (Å²) in [6.07, 6.45) is 0. The van der Waals surface area contributed by atoms with Crippen molar-refractivity contribution in [1.29, 1.82) is 0 Å². The number of hydrogen-bond donors (Lipinski definition) is 4. The number of anilines is 2. The van der Waals surface area contributed by atoms with Crippen LogP contribution in [-0.2, 0) is 0 Å². The summed E-state index contributed by atoms with van der Waals surface area (Å²) in [7, 11) is 0. The van der Waals surface area contributed by atoms with Gasteiger partial charge in [0.05, 0.1) is 5.52 Å². The summed E-state index contributed by atoms with van der Waals surface area (Å²) < 4.78 is 0. The zero-order chi connectivity index (χ0) is 8.55. The first-order valence-electron chi connectivity index (χ1n) is 3.87. The predicted molar refractivity (Wildman–Crippen MR) is 49.0 cm³/mol. The number of H-pyrrole nitrogens is 2. The highest BCUT2D eigenvalue weighted by Gasteiger charge is 2.03. The molecule has 0 aromatic carbocycles. The quantitative estimate of drug-likeness (QED) is 0.533. The standard InChI is InChI=1S/C7H11N5/c1-2-9-7-10-4-3-5(8)11-6(4)12-7/h3,11H,2,8H2,1H3,(H2,9,10,12). The second-order valence-corrected chi connectivity index (χ2v) is 2.60. The Balaban J connectivity index is 2.43. The minimum absolute atomic E-state index is 0.631. The van der Waals surface area contributed by atoms with Crippen molar-refractivity contribution in [2.24, 2.45) is 0 Å². The molecule has 0 spiro atoms. The molecule has 0 radical (unpaired) electrons. The summed E-state index contributed by atoms with van der Waals surface area (Å²) in [6.45, 7) is 2.87. The molecule has 5 N–H and O–H groups in total. The Morgan fingerprint density at radius 1 is 1.58 bits per heavy atom. The van der Waals surface area contributed by atoms with Gasteiger partial charge in [0.15, 0.2) is 5.65 Å². The molecule has 0 unspecified atom stereocenters. The average Bonchev–Trinajstić information content (AvgIpc) is 2.44. The zero-order valence-electron chi connectivity index (χ0n) is 6.81. The molecule has 12 heavy (non-hydrogen) atoms. The predicted octanol–water partition coefficient (Wildman–Crippen LogP) is 0.905. The topological polar surface area (TPSA) is 82.5 Å². The lowest BCUT2D eigenvalue weighted by Crippen LogP contribution is -1.97. The van der Waals surface area contributed by atoms with E-state index < -0.39 is 0 Å². The lowest BCUT2D eigenvalue weighted by molar-refractivity contribution is 1.14. The molecule has 0 bridgehead atoms. The molecular formula is C7H11N5. The summed E-state index contributed by atoms with van der Waals surface area (Å²) in [5.74, 6) is 1.41. The molecule has 2 heterocycles. The smallest absolute Gasteiger partial charge is 0.202 e. The van der Waals surface area contributed by atoms with Crippen LogP contribution in [0, 0.1) is 0 Å². The molecule has 5 nitrogen and oxygen atoms in total. The Hall–Kier alpha value is -1.65. The Kier molecular flexibility index (Phi) is 1.43. The third kappa shape index (κ3) is 0.990. The third-order valence-corrected chi connectivity index (χ3v) is 1.64. The van der Waals surface area contributed by atoms with Crippen LogP contribution in [0.15, 0.2) is 6.07 Å². The van der Waals surface area contributed by atoms with E-state index in [9.17, 15) is 0 Å². The number of aromatic nitrogens is 3. The Bertz CT molecular complexity index is 354. The van der Waals surface area contributed by atoms with E-state index in [0.717, 1.165) is 23.7 Å². The van der Waals surface area contributed by atoms with Crippen molar-refractivity contribution < 1.29 is 0 Å². The molecule has 64 valence electrons. The van der Waals surface area contributed by atoms with Gasteiger partial charge in [-0.05, 0) is 6.92 Å². The molecular weight excluding hydrogens is 154 g/mol. The van der Waals surface area contributed by atoms with E-state index in [-0.39, 0.29) is 0 Å². The van der Waals surface area contributed by atoms with Crippen LogP contribution in [0.3, 0.4) is 0 Å². The summed E-state index contributed by atoms with van der Waals surface area (Å²) in [6, 6.07) is 1.82. The number of aromatic amines is 2. The lowest BCUT2D eigenvalue weighted by Gasteiger charge is -1.93. The van der Waals surface area contributed by atoms with Gasteiger partial charge in [-0.1, -0.05) is 0 Å². The van der Waals surface area contributed by atoms with Gasteiger partial charge in [-0.15, -0.1) is 0 Å². The third-order valence-electron chi connectivity index (χ3n) is 1.64. The van der Waals surface area contributed by atoms with E-state index in [1.54, 1.807) is 0 Å². The Labute approximate surface area is 69.4 Å². The maximum atomic E-state index is 5.52. The lowest BCUT2D eigenvalue weighted by atomic mass is 10.5. The van der Waals surface area contributed by atoms with Crippen molar-refractivity contribution in [3.8, 4) is 0 Å². The molecule has 0 amide bonds. The maximum absolute atomic E-state index is 5.52. The minimum Gasteiger partial charge on any atom is -0.385 e. The molecule has 0 aliphatic heterocycles. The molecule has 2 aromatic heterocycles. The van der Waals surface area contributed by atoms with Gasteiger partial charge in [0.1, 0.15) is 5.82 Å². The number of imidazole rings is 1. The van der Waals surface area contributed by atoms with Crippen LogP contribution in [0.1, 0.15) is 6.92 Å². The summed E-state index contributed by atoms with van der Waals surface area (Å²) in [5, 5.41) is 3.08. The van der Waals surface area contributed by atoms with Gasteiger partial charge >= 0.3 is 0 Å². The average molecular weight is 165 g/mol. The normalized spacial score (nSPS) is 10.8. The summed E-state index contributed by atoms with van der Waals surface area (Å²) >= 11 is 0. The van der Waals surface area contributed by atoms with Crippen molar-refractivity contribution in [1.82, 2.24) is 15.0 Å². The van der Waals surface area contributed by atoms with Gasteiger partial charge in [-0.3, -0.25) is 0 Å². The van der Waals surface area contributed by atoms with Crippen molar-refractivity contribution >= 4 is 22.9 Å². The van der Waals surface area contributed by atoms with E-state index in [4.69, 9.17) is 5.73 Å². The van der Waals surface area contributed by atoms with E-state index in [1.165, 1.54) is 0 Å². The van der Waals surface area contributed by atoms with E-state index in [2.05, 4.69) is 20.3 Å². The SMILES string of the molecule is CCNc1nc2[nH]c(N)cc2[nH]1. The zero-order valence-corrected chi connectivity index (χ0v) is 6.81. The highest BCUT2D eigenvalue weighted by molar-refractivity contribution is 5.78. The van der Waals surface area contributed by atoms with Crippen LogP contribution < -0.4 is 11.1 Å². The molecule has 2 rings (SSSR count). The number of nitrogen functional groups attached to an aromatic ring is 1. The van der Waals surface area contributed by atoms with Crippen molar-refractivity contribution in [2.45, 2.75) is 6.92 Å². The van der Waals surface area contributed by atoms with Gasteiger partial charge < -0.3 is 21.0 Å². The van der Waals surface area contributed by atoms with Crippen LogP contribution in [-0.4, -0.2) is 21.5 Å². The molecule has 0 saturated carbocycles. The fourth-order valence-electron chi connectivity index (χ4n) is 1.17. The highest BCUT2D eigenvalue weighted by atomic mass is 15.1. The van der Waals surface area contributed by atoms with Crippen LogP contribution in [0.4, 0.5) is 11.8 Å². The molecule has 2 aromatic rings. The molecule has 0 aliphatic carbocycles. The van der Waals surface area contributed by atoms with Gasteiger partial charge in [-0.25, -0.2) is 0 Å². The first-order valence-corrected chi connectivity index (χ1v) is 3.87. The molecule has 0 aliphatic rings. The Morgan fingerprint density at radius 2 is 2.42 bits per heavy atom. The number of hydrogen-bond acceptors (Lipinski definition) is 3. The van der Waals surface area contributed by atoms with Crippen LogP contribution in [0.5, 0.6) is 0 Å². The highest BCUT2D eigenvalue weighted by Crippen LogP contribution is 2.15. The summed E-state index contributed by atoms with van der Waals surface area (Å²) in [4.78, 5) is 10.2. The molecule has 0 saturated heterocycles. The number of nitrogens with one attached hydrogen (secondary N) is 3. The van der Waals surface area contributed by atoms with Crippen molar-refractivity contribution in [3.05, 3.63) is 6.07 Å². The summed E-state index contributed by atoms with van der Waals surface area (Å²) in [5.41, 5.74) is 7.25. The monoisotopic (exact) mass is 165 g/mol. The second-order valence-electron chi connectivity index (χ2n) is 2.60. The number of fused-ring (bicyclic) bond motifs is 1. The van der Waals surface area contributed by atoms with E-state index in [0.29, 0.717) is 5.82 Å². The minimum atomic E-state index is 0.631. The fourth-order valence-corrected chi connectivity index (χ4v) is 1.17. The van der Waals surface area contributed by atoms with Gasteiger partial charge in [0.2, 0.25) is 5.95 Å². The van der Waals surface area contributed by atoms with Crippen molar-refractivity contribution in [2.75, 3.05) is 17.6 Å². The maximum Gasteiger partial charge on any atom is 0.202 e. The van der Waals surface area contributed by atoms with Crippen molar-refractivity contribution in [3.63, 3.8) is 0 Å². The van der Waals surface area contributed by atoms with Crippen LogP contribution in [0.25, 0.3) is 11.2 Å². The number of nitrogens with zero attached hydrogens (tertiary/aromatic N) is 1.